The molecule has 5 aliphatic rings. The molecule has 9 heteroatoms. The molecule has 1 aromatic carbocycles. The first-order valence-electron chi connectivity index (χ1n) is 16.4. The van der Waals surface area contributed by atoms with E-state index in [1.54, 1.807) is 11.0 Å². The highest BCUT2D eigenvalue weighted by Crippen LogP contribution is 2.55. The van der Waals surface area contributed by atoms with Gasteiger partial charge in [0.15, 0.2) is 0 Å². The van der Waals surface area contributed by atoms with Crippen molar-refractivity contribution >= 4 is 35.0 Å². The topological polar surface area (TPSA) is 91.0 Å². The second-order valence-electron chi connectivity index (χ2n) is 13.9. The lowest BCUT2D eigenvalue weighted by molar-refractivity contribution is -0.141. The standard InChI is InChI=1S/C34H47ClN4O4/c1-20-12-17-38(18-13-20)15-6-16-39-30(32(41)37-26-8-5-7-21(2)23(26)4)34-14-11-27(43-34)28(29(34)33(39)42)31(40)36-24-10-9-22(3)25(35)19-24/h9-11,14,19-21,23,26-30H,5-8,12-13,15-18H2,1-4H3,(H,36,40)(H,37,41)/t21-,23-,26-,27+,28-,29+,30+,34+/m1/s1. The minimum Gasteiger partial charge on any atom is -0.359 e. The smallest absolute Gasteiger partial charge is 0.246 e. The van der Waals surface area contributed by atoms with E-state index in [0.717, 1.165) is 50.4 Å². The molecular formula is C34H47ClN4O4. The lowest BCUT2D eigenvalue weighted by Gasteiger charge is -2.38. The summed E-state index contributed by atoms with van der Waals surface area (Å²) in [5, 5.41) is 6.89. The number of hydrogen-bond donors (Lipinski definition) is 2. The summed E-state index contributed by atoms with van der Waals surface area (Å²) >= 11 is 6.32. The zero-order chi connectivity index (χ0) is 30.5. The van der Waals surface area contributed by atoms with Gasteiger partial charge in [0.2, 0.25) is 17.7 Å². The van der Waals surface area contributed by atoms with Gasteiger partial charge in [-0.05, 0) is 87.7 Å². The predicted octanol–water partition coefficient (Wildman–Crippen LogP) is 4.80. The number of nitrogens with one attached hydrogen (secondary N) is 2. The average molecular weight is 611 g/mol. The maximum Gasteiger partial charge on any atom is 0.246 e. The van der Waals surface area contributed by atoms with E-state index in [1.165, 1.54) is 19.3 Å². The van der Waals surface area contributed by atoms with E-state index in [4.69, 9.17) is 16.3 Å². The van der Waals surface area contributed by atoms with Crippen molar-refractivity contribution in [3.8, 4) is 0 Å². The Morgan fingerprint density at radius 3 is 2.58 bits per heavy atom. The highest BCUT2D eigenvalue weighted by atomic mass is 35.5. The van der Waals surface area contributed by atoms with Gasteiger partial charge in [0, 0.05) is 23.3 Å². The van der Waals surface area contributed by atoms with Gasteiger partial charge < -0.3 is 25.2 Å². The van der Waals surface area contributed by atoms with Crippen LogP contribution in [-0.4, -0.2) is 77.5 Å². The molecule has 1 saturated carbocycles. The van der Waals surface area contributed by atoms with Crippen molar-refractivity contribution in [2.24, 2.45) is 29.6 Å². The Morgan fingerprint density at radius 1 is 1.07 bits per heavy atom. The van der Waals surface area contributed by atoms with Gasteiger partial charge >= 0.3 is 0 Å². The molecule has 0 aromatic heterocycles. The van der Waals surface area contributed by atoms with E-state index in [-0.39, 0.29) is 23.8 Å². The molecule has 6 rings (SSSR count). The fourth-order valence-electron chi connectivity index (χ4n) is 8.20. The third kappa shape index (κ3) is 5.64. The summed E-state index contributed by atoms with van der Waals surface area (Å²) in [6.07, 6.45) is 9.56. The fraction of sp³-hybridized carbons (Fsp3) is 0.676. The molecule has 43 heavy (non-hydrogen) atoms. The molecule has 234 valence electrons. The number of nitrogens with zero attached hydrogens (tertiary/aromatic N) is 2. The van der Waals surface area contributed by atoms with E-state index in [9.17, 15) is 14.4 Å². The number of piperidine rings is 1. The van der Waals surface area contributed by atoms with Gasteiger partial charge in [-0.3, -0.25) is 14.4 Å². The summed E-state index contributed by atoms with van der Waals surface area (Å²) in [7, 11) is 0. The molecule has 3 amide bonds. The molecule has 3 saturated heterocycles. The maximum atomic E-state index is 14.3. The maximum absolute atomic E-state index is 14.3. The number of carbonyl (C=O) groups excluding carboxylic acids is 3. The molecule has 4 heterocycles. The Bertz CT molecular complexity index is 1280. The van der Waals surface area contributed by atoms with Crippen molar-refractivity contribution in [1.82, 2.24) is 15.1 Å². The monoisotopic (exact) mass is 610 g/mol. The predicted molar refractivity (Wildman–Crippen MR) is 168 cm³/mol. The number of likely N-dealkylation sites (tertiary alicyclic amines) is 2. The highest BCUT2D eigenvalue weighted by Gasteiger charge is 2.72. The van der Waals surface area contributed by atoms with Crippen LogP contribution < -0.4 is 10.6 Å². The van der Waals surface area contributed by atoms with E-state index in [1.807, 2.05) is 31.2 Å². The second-order valence-corrected chi connectivity index (χ2v) is 14.4. The van der Waals surface area contributed by atoms with Crippen LogP contribution >= 0.6 is 11.6 Å². The minimum atomic E-state index is -1.15. The van der Waals surface area contributed by atoms with Crippen LogP contribution in [0.5, 0.6) is 0 Å². The average Bonchev–Trinajstić information content (AvgIpc) is 3.62. The van der Waals surface area contributed by atoms with Gasteiger partial charge in [0.05, 0.1) is 17.9 Å². The first kappa shape index (κ1) is 30.6. The number of halogens is 1. The Hall–Kier alpha value is -2.42. The van der Waals surface area contributed by atoms with Crippen molar-refractivity contribution < 1.29 is 19.1 Å². The third-order valence-corrected chi connectivity index (χ3v) is 11.6. The summed E-state index contributed by atoms with van der Waals surface area (Å²) in [5.74, 6) is -0.446. The van der Waals surface area contributed by atoms with Crippen LogP contribution in [0.15, 0.2) is 30.4 Å². The molecule has 1 aromatic rings. The van der Waals surface area contributed by atoms with Gasteiger partial charge in [-0.1, -0.05) is 63.4 Å². The molecule has 4 fully saturated rings. The number of anilines is 1. The van der Waals surface area contributed by atoms with Gasteiger partial charge in [-0.15, -0.1) is 0 Å². The van der Waals surface area contributed by atoms with Crippen LogP contribution in [0.4, 0.5) is 5.69 Å². The third-order valence-electron chi connectivity index (χ3n) is 11.1. The highest BCUT2D eigenvalue weighted by molar-refractivity contribution is 6.31. The van der Waals surface area contributed by atoms with Crippen molar-refractivity contribution in [1.29, 1.82) is 0 Å². The van der Waals surface area contributed by atoms with Crippen LogP contribution in [0, 0.1) is 36.5 Å². The number of benzene rings is 1. The van der Waals surface area contributed by atoms with Crippen LogP contribution in [0.3, 0.4) is 0 Å². The van der Waals surface area contributed by atoms with Gasteiger partial charge in [-0.25, -0.2) is 0 Å². The van der Waals surface area contributed by atoms with Crippen LogP contribution in [0.25, 0.3) is 0 Å². The molecule has 8 nitrogen and oxygen atoms in total. The molecule has 4 aliphatic heterocycles. The number of amides is 3. The summed E-state index contributed by atoms with van der Waals surface area (Å²) < 4.78 is 6.55. The number of fused-ring (bicyclic) bond motifs is 1. The lowest BCUT2D eigenvalue weighted by atomic mass is 9.73. The first-order valence-corrected chi connectivity index (χ1v) is 16.7. The zero-order valence-electron chi connectivity index (χ0n) is 26.0. The molecule has 2 bridgehead atoms. The van der Waals surface area contributed by atoms with Gasteiger partial charge in [-0.2, -0.15) is 0 Å². The van der Waals surface area contributed by atoms with Gasteiger partial charge in [0.25, 0.3) is 0 Å². The quantitative estimate of drug-likeness (QED) is 0.413. The Morgan fingerprint density at radius 2 is 1.84 bits per heavy atom. The summed E-state index contributed by atoms with van der Waals surface area (Å²) in [4.78, 5) is 46.5. The molecule has 2 N–H and O–H groups in total. The Labute approximate surface area is 260 Å². The number of ether oxygens (including phenoxy) is 1. The molecule has 1 spiro atoms. The van der Waals surface area contributed by atoms with Crippen molar-refractivity contribution in [3.63, 3.8) is 0 Å². The largest absolute Gasteiger partial charge is 0.359 e. The number of carbonyl (C=O) groups is 3. The van der Waals surface area contributed by atoms with Crippen molar-refractivity contribution in [2.75, 3.05) is 31.5 Å². The Balaban J connectivity index is 1.24. The fourth-order valence-corrected chi connectivity index (χ4v) is 8.38. The minimum absolute atomic E-state index is 0.0620. The summed E-state index contributed by atoms with van der Waals surface area (Å²) in [5.41, 5.74) is 0.346. The van der Waals surface area contributed by atoms with Crippen LogP contribution in [0.2, 0.25) is 5.02 Å². The van der Waals surface area contributed by atoms with E-state index in [0.29, 0.717) is 29.1 Å². The number of aryl methyl sites for hydroxylation is 1. The molecular weight excluding hydrogens is 564 g/mol. The normalized spacial score (nSPS) is 35.8. The Kier molecular flexibility index (Phi) is 8.66. The van der Waals surface area contributed by atoms with Crippen LogP contribution in [0.1, 0.15) is 64.9 Å². The molecule has 0 unspecified atom stereocenters. The molecule has 1 aliphatic carbocycles. The SMILES string of the molecule is Cc1ccc(NC(=O)[C@@H]2[C@@H]3C=C[C@]4(O3)[C@@H]2C(=O)N(CCCN2CCC(C)CC2)[C@H]4C(=O)N[C@@H]2CCC[C@@H](C)[C@H]2C)cc1Cl. The summed E-state index contributed by atoms with van der Waals surface area (Å²) in [6.45, 7) is 12.2. The summed E-state index contributed by atoms with van der Waals surface area (Å²) in [6, 6.07) is 4.65. The van der Waals surface area contributed by atoms with Crippen molar-refractivity contribution in [3.05, 3.63) is 40.9 Å². The lowest BCUT2D eigenvalue weighted by Crippen LogP contribution is -2.58. The first-order chi connectivity index (χ1) is 20.6. The number of rotatable bonds is 8. The second kappa shape index (κ2) is 12.2. The molecule has 0 radical (unpaired) electrons. The molecule has 8 atom stereocenters. The zero-order valence-corrected chi connectivity index (χ0v) is 26.7. The number of hydrogen-bond acceptors (Lipinski definition) is 5. The van der Waals surface area contributed by atoms with Crippen molar-refractivity contribution in [2.45, 2.75) is 90.0 Å². The van der Waals surface area contributed by atoms with Gasteiger partial charge in [0.1, 0.15) is 11.6 Å². The van der Waals surface area contributed by atoms with E-state index < -0.39 is 29.6 Å². The van der Waals surface area contributed by atoms with E-state index in [2.05, 4.69) is 36.3 Å². The van der Waals surface area contributed by atoms with E-state index >= 15 is 0 Å². The van der Waals surface area contributed by atoms with Crippen LogP contribution in [-0.2, 0) is 19.1 Å².